The first kappa shape index (κ1) is 14.7. The summed E-state index contributed by atoms with van der Waals surface area (Å²) in [6.07, 6.45) is 2.52. The van der Waals surface area contributed by atoms with Gasteiger partial charge in [-0.15, -0.1) is 0 Å². The van der Waals surface area contributed by atoms with E-state index in [-0.39, 0.29) is 0 Å². The molecular weight excluding hydrogens is 252 g/mol. The molecule has 2 nitrogen and oxygen atoms in total. The molecule has 0 bridgehead atoms. The summed E-state index contributed by atoms with van der Waals surface area (Å²) in [4.78, 5) is 2.50. The molecule has 1 atom stereocenters. The molecule has 1 aromatic rings. The molecule has 19 heavy (non-hydrogen) atoms. The van der Waals surface area contributed by atoms with E-state index in [0.29, 0.717) is 12.1 Å². The first-order valence-corrected chi connectivity index (χ1v) is 8.59. The van der Waals surface area contributed by atoms with Crippen LogP contribution in [0, 0.1) is 0 Å². The van der Waals surface area contributed by atoms with Crippen LogP contribution < -0.4 is 10.2 Å². The third-order valence-electron chi connectivity index (χ3n) is 3.71. The Bertz CT molecular complexity index is 347. The number of piperidine rings is 1. The van der Waals surface area contributed by atoms with Gasteiger partial charge in [0.1, 0.15) is 0 Å². The lowest BCUT2D eigenvalue weighted by Gasteiger charge is -2.35. The Labute approximate surface area is 122 Å². The Kier molecular flexibility index (Phi) is 6.05. The quantitative estimate of drug-likeness (QED) is 0.859. The van der Waals surface area contributed by atoms with Crippen molar-refractivity contribution in [2.24, 2.45) is 0 Å². The third-order valence-corrected chi connectivity index (χ3v) is 4.85. The first-order valence-electron chi connectivity index (χ1n) is 7.43. The molecule has 0 spiro atoms. The predicted molar refractivity (Wildman–Crippen MR) is 87.3 cm³/mol. The van der Waals surface area contributed by atoms with E-state index in [2.05, 4.69) is 54.4 Å². The van der Waals surface area contributed by atoms with E-state index in [1.54, 1.807) is 0 Å². The molecule has 0 radical (unpaired) electrons. The van der Waals surface area contributed by atoms with Gasteiger partial charge in [-0.3, -0.25) is 0 Å². The van der Waals surface area contributed by atoms with Crippen LogP contribution in [0.2, 0.25) is 0 Å². The van der Waals surface area contributed by atoms with Gasteiger partial charge in [-0.05, 0) is 37.7 Å². The Morgan fingerprint density at radius 1 is 1.26 bits per heavy atom. The molecule has 2 rings (SSSR count). The number of anilines is 1. The molecule has 1 N–H and O–H groups in total. The molecule has 0 amide bonds. The van der Waals surface area contributed by atoms with Crippen molar-refractivity contribution in [2.45, 2.75) is 38.8 Å². The number of hydrogen-bond acceptors (Lipinski definition) is 3. The maximum atomic E-state index is 3.78. The summed E-state index contributed by atoms with van der Waals surface area (Å²) in [5.74, 6) is 2.45. The van der Waals surface area contributed by atoms with Crippen LogP contribution in [0.5, 0.6) is 0 Å². The van der Waals surface area contributed by atoms with Gasteiger partial charge in [0.15, 0.2) is 0 Å². The van der Waals surface area contributed by atoms with Crippen molar-refractivity contribution in [2.75, 3.05) is 29.5 Å². The van der Waals surface area contributed by atoms with Gasteiger partial charge in [-0.2, -0.15) is 11.8 Å². The maximum Gasteiger partial charge on any atom is 0.0366 e. The zero-order chi connectivity index (χ0) is 13.5. The smallest absolute Gasteiger partial charge is 0.0366 e. The Hall–Kier alpha value is -0.670. The molecule has 1 fully saturated rings. The van der Waals surface area contributed by atoms with Crippen molar-refractivity contribution in [3.8, 4) is 0 Å². The number of para-hydroxylation sites is 1. The summed E-state index contributed by atoms with van der Waals surface area (Å²) in [5.41, 5.74) is 1.37. The van der Waals surface area contributed by atoms with Gasteiger partial charge in [0.25, 0.3) is 0 Å². The number of nitrogens with zero attached hydrogens (tertiary/aromatic N) is 1. The van der Waals surface area contributed by atoms with E-state index in [1.807, 2.05) is 11.8 Å². The number of nitrogens with one attached hydrogen (secondary N) is 1. The molecule has 1 aliphatic rings. The molecule has 0 aliphatic carbocycles. The minimum Gasteiger partial charge on any atom is -0.371 e. The van der Waals surface area contributed by atoms with E-state index in [0.717, 1.165) is 0 Å². The minimum atomic E-state index is 0.637. The van der Waals surface area contributed by atoms with Crippen LogP contribution >= 0.6 is 11.8 Å². The van der Waals surface area contributed by atoms with E-state index in [4.69, 9.17) is 0 Å². The zero-order valence-electron chi connectivity index (χ0n) is 12.1. The molecular formula is C16H26N2S. The van der Waals surface area contributed by atoms with Gasteiger partial charge in [0, 0.05) is 36.6 Å². The average Bonchev–Trinajstić information content (AvgIpc) is 2.47. The predicted octanol–water partition coefficient (Wildman–Crippen LogP) is 3.39. The van der Waals surface area contributed by atoms with Crippen molar-refractivity contribution in [3.63, 3.8) is 0 Å². The second kappa shape index (κ2) is 7.81. The lowest BCUT2D eigenvalue weighted by Crippen LogP contribution is -2.46. The molecule has 1 aromatic carbocycles. The van der Waals surface area contributed by atoms with Crippen LogP contribution in [0.15, 0.2) is 30.3 Å². The van der Waals surface area contributed by atoms with Crippen LogP contribution in [0.3, 0.4) is 0 Å². The molecule has 106 valence electrons. The molecule has 1 unspecified atom stereocenters. The summed E-state index contributed by atoms with van der Waals surface area (Å²) in [7, 11) is 0. The van der Waals surface area contributed by atoms with E-state index >= 15 is 0 Å². The molecule has 1 heterocycles. The van der Waals surface area contributed by atoms with Crippen molar-refractivity contribution in [1.82, 2.24) is 5.32 Å². The molecule has 0 saturated carbocycles. The van der Waals surface area contributed by atoms with Crippen molar-refractivity contribution in [3.05, 3.63) is 30.3 Å². The Balaban J connectivity index is 1.73. The van der Waals surface area contributed by atoms with E-state index in [9.17, 15) is 0 Å². The second-order valence-corrected chi connectivity index (χ2v) is 6.64. The third kappa shape index (κ3) is 4.73. The van der Waals surface area contributed by atoms with Gasteiger partial charge in [-0.25, -0.2) is 0 Å². The van der Waals surface area contributed by atoms with Crippen LogP contribution in [0.4, 0.5) is 5.69 Å². The van der Waals surface area contributed by atoms with Crippen LogP contribution in [0.1, 0.15) is 26.7 Å². The fourth-order valence-electron chi connectivity index (χ4n) is 2.69. The normalized spacial score (nSPS) is 18.5. The largest absolute Gasteiger partial charge is 0.371 e. The highest BCUT2D eigenvalue weighted by molar-refractivity contribution is 7.99. The van der Waals surface area contributed by atoms with Gasteiger partial charge >= 0.3 is 0 Å². The van der Waals surface area contributed by atoms with E-state index in [1.165, 1.54) is 43.1 Å². The lowest BCUT2D eigenvalue weighted by molar-refractivity contribution is 0.389. The SMILES string of the molecule is CCSCC(C)NC1CCN(c2ccccc2)CC1. The summed E-state index contributed by atoms with van der Waals surface area (Å²) >= 11 is 2.03. The van der Waals surface area contributed by atoms with Crippen molar-refractivity contribution >= 4 is 17.4 Å². The molecule has 1 aliphatic heterocycles. The van der Waals surface area contributed by atoms with Crippen LogP contribution in [0.25, 0.3) is 0 Å². The average molecular weight is 278 g/mol. The number of thioether (sulfide) groups is 1. The summed E-state index contributed by atoms with van der Waals surface area (Å²) < 4.78 is 0. The standard InChI is InChI=1S/C16H26N2S/c1-3-19-13-14(2)17-15-9-11-18(12-10-15)16-7-5-4-6-8-16/h4-8,14-15,17H,3,9-13H2,1-2H3. The highest BCUT2D eigenvalue weighted by Gasteiger charge is 2.20. The fraction of sp³-hybridized carbons (Fsp3) is 0.625. The summed E-state index contributed by atoms with van der Waals surface area (Å²) in [5, 5.41) is 3.78. The highest BCUT2D eigenvalue weighted by Crippen LogP contribution is 2.19. The molecule has 0 aromatic heterocycles. The van der Waals surface area contributed by atoms with Gasteiger partial charge in [-0.1, -0.05) is 25.1 Å². The molecule has 1 saturated heterocycles. The number of benzene rings is 1. The summed E-state index contributed by atoms with van der Waals surface area (Å²) in [6, 6.07) is 12.1. The van der Waals surface area contributed by atoms with E-state index < -0.39 is 0 Å². The highest BCUT2D eigenvalue weighted by atomic mass is 32.2. The minimum absolute atomic E-state index is 0.637. The van der Waals surface area contributed by atoms with Gasteiger partial charge in [0.2, 0.25) is 0 Å². The van der Waals surface area contributed by atoms with Crippen LogP contribution in [-0.2, 0) is 0 Å². The van der Waals surface area contributed by atoms with Crippen molar-refractivity contribution in [1.29, 1.82) is 0 Å². The second-order valence-electron chi connectivity index (χ2n) is 5.32. The zero-order valence-corrected chi connectivity index (χ0v) is 13.0. The first-order chi connectivity index (χ1) is 9.29. The maximum absolute atomic E-state index is 3.78. The Morgan fingerprint density at radius 3 is 2.58 bits per heavy atom. The monoisotopic (exact) mass is 278 g/mol. The van der Waals surface area contributed by atoms with Gasteiger partial charge in [0.05, 0.1) is 0 Å². The lowest BCUT2D eigenvalue weighted by atomic mass is 10.0. The Morgan fingerprint density at radius 2 is 1.95 bits per heavy atom. The number of hydrogen-bond donors (Lipinski definition) is 1. The van der Waals surface area contributed by atoms with Crippen LogP contribution in [-0.4, -0.2) is 36.7 Å². The number of rotatable bonds is 6. The topological polar surface area (TPSA) is 15.3 Å². The summed E-state index contributed by atoms with van der Waals surface area (Å²) in [6.45, 7) is 6.90. The van der Waals surface area contributed by atoms with Gasteiger partial charge < -0.3 is 10.2 Å². The van der Waals surface area contributed by atoms with Crippen molar-refractivity contribution < 1.29 is 0 Å². The fourth-order valence-corrected chi connectivity index (χ4v) is 3.37. The molecule has 3 heteroatoms.